The Morgan fingerprint density at radius 2 is 2.00 bits per heavy atom. The molecule has 0 unspecified atom stereocenters. The van der Waals surface area contributed by atoms with E-state index in [4.69, 9.17) is 5.11 Å². The molecule has 0 atom stereocenters. The number of carboxylic acids is 1. The molecule has 0 saturated heterocycles. The minimum Gasteiger partial charge on any atom is -0.478 e. The number of Topliss-reactive ketones (excluding diaryl/α,β-unsaturated/α-hetero) is 1. The predicted molar refractivity (Wildman–Crippen MR) is 67.5 cm³/mol. The summed E-state index contributed by atoms with van der Waals surface area (Å²) in [6, 6.07) is 6.16. The van der Waals surface area contributed by atoms with Gasteiger partial charge in [0.1, 0.15) is 5.78 Å². The van der Waals surface area contributed by atoms with Gasteiger partial charge in [0.15, 0.2) is 0 Å². The van der Waals surface area contributed by atoms with E-state index >= 15 is 0 Å². The van der Waals surface area contributed by atoms with E-state index in [9.17, 15) is 9.59 Å². The van der Waals surface area contributed by atoms with Crippen LogP contribution in [0.25, 0.3) is 5.69 Å². The Morgan fingerprint density at radius 1 is 1.32 bits per heavy atom. The van der Waals surface area contributed by atoms with Gasteiger partial charge in [-0.25, -0.2) is 4.79 Å². The predicted octanol–water partition coefficient (Wildman–Crippen LogP) is 1.04. The SMILES string of the molecule is CC(=O)CSc1nnnn1-c1ccc(C(=O)O)cc1. The van der Waals surface area contributed by atoms with Crippen LogP contribution in [0.5, 0.6) is 0 Å². The van der Waals surface area contributed by atoms with Crippen molar-refractivity contribution in [3.05, 3.63) is 29.8 Å². The molecule has 19 heavy (non-hydrogen) atoms. The standard InChI is InChI=1S/C11H10N4O3S/c1-7(16)6-19-11-12-13-14-15(11)9-4-2-8(3-5-9)10(17)18/h2-5H,6H2,1H3,(H,17,18). The van der Waals surface area contributed by atoms with E-state index in [1.54, 1.807) is 12.1 Å². The zero-order valence-electron chi connectivity index (χ0n) is 9.98. The molecule has 8 heteroatoms. The van der Waals surface area contributed by atoms with Crippen molar-refractivity contribution in [2.75, 3.05) is 5.75 Å². The number of hydrogen-bond acceptors (Lipinski definition) is 6. The summed E-state index contributed by atoms with van der Waals surface area (Å²) < 4.78 is 1.46. The van der Waals surface area contributed by atoms with Crippen LogP contribution in [0.3, 0.4) is 0 Å². The molecule has 0 fully saturated rings. The average Bonchev–Trinajstić information content (AvgIpc) is 2.84. The molecule has 0 saturated carbocycles. The van der Waals surface area contributed by atoms with Gasteiger partial charge in [0.2, 0.25) is 5.16 Å². The number of carboxylic acid groups (broad SMARTS) is 1. The quantitative estimate of drug-likeness (QED) is 0.816. The van der Waals surface area contributed by atoms with Gasteiger partial charge in [-0.2, -0.15) is 4.68 Å². The maximum atomic E-state index is 10.9. The Balaban J connectivity index is 2.24. The van der Waals surface area contributed by atoms with Crippen molar-refractivity contribution in [1.29, 1.82) is 0 Å². The maximum Gasteiger partial charge on any atom is 0.335 e. The second kappa shape index (κ2) is 5.61. The highest BCUT2D eigenvalue weighted by atomic mass is 32.2. The molecule has 1 aromatic heterocycles. The monoisotopic (exact) mass is 278 g/mol. The zero-order valence-corrected chi connectivity index (χ0v) is 10.8. The van der Waals surface area contributed by atoms with Gasteiger partial charge in [-0.3, -0.25) is 4.79 Å². The number of thioether (sulfide) groups is 1. The first-order valence-corrected chi connectivity index (χ1v) is 6.31. The van der Waals surface area contributed by atoms with Crippen molar-refractivity contribution >= 4 is 23.5 Å². The van der Waals surface area contributed by atoms with Gasteiger partial charge in [0.05, 0.1) is 17.0 Å². The molecule has 0 aliphatic heterocycles. The van der Waals surface area contributed by atoms with Gasteiger partial charge in [-0.1, -0.05) is 11.8 Å². The molecule has 0 spiro atoms. The van der Waals surface area contributed by atoms with Crippen LogP contribution in [-0.2, 0) is 4.79 Å². The van der Waals surface area contributed by atoms with Crippen molar-refractivity contribution in [3.63, 3.8) is 0 Å². The molecule has 1 aromatic carbocycles. The Kier molecular flexibility index (Phi) is 3.91. The van der Waals surface area contributed by atoms with Crippen molar-refractivity contribution in [2.24, 2.45) is 0 Å². The number of rotatable bonds is 5. The largest absolute Gasteiger partial charge is 0.478 e. The fraction of sp³-hybridized carbons (Fsp3) is 0.182. The number of ketones is 1. The first-order valence-electron chi connectivity index (χ1n) is 5.32. The van der Waals surface area contributed by atoms with Crippen LogP contribution in [0.2, 0.25) is 0 Å². The fourth-order valence-corrected chi connectivity index (χ4v) is 2.03. The molecule has 1 heterocycles. The van der Waals surface area contributed by atoms with Gasteiger partial charge in [-0.05, 0) is 41.6 Å². The van der Waals surface area contributed by atoms with E-state index in [1.165, 1.54) is 35.5 Å². The van der Waals surface area contributed by atoms with Crippen LogP contribution < -0.4 is 0 Å². The van der Waals surface area contributed by atoms with Gasteiger partial charge in [-0.15, -0.1) is 5.10 Å². The van der Waals surface area contributed by atoms with Gasteiger partial charge < -0.3 is 5.11 Å². The number of nitrogens with zero attached hydrogens (tertiary/aromatic N) is 4. The Bertz CT molecular complexity index is 609. The van der Waals surface area contributed by atoms with Crippen molar-refractivity contribution < 1.29 is 14.7 Å². The number of carbonyl (C=O) groups is 2. The summed E-state index contributed by atoms with van der Waals surface area (Å²) in [7, 11) is 0. The Labute approximate surface area is 112 Å². The molecule has 98 valence electrons. The molecule has 7 nitrogen and oxygen atoms in total. The van der Waals surface area contributed by atoms with Crippen LogP contribution in [0.1, 0.15) is 17.3 Å². The van der Waals surface area contributed by atoms with Crippen LogP contribution in [0, 0.1) is 0 Å². The lowest BCUT2D eigenvalue weighted by atomic mass is 10.2. The van der Waals surface area contributed by atoms with E-state index in [-0.39, 0.29) is 17.1 Å². The highest BCUT2D eigenvalue weighted by molar-refractivity contribution is 7.99. The second-order valence-corrected chi connectivity index (χ2v) is 4.66. The van der Waals surface area contributed by atoms with Gasteiger partial charge in [0.25, 0.3) is 0 Å². The summed E-state index contributed by atoms with van der Waals surface area (Å²) in [6.07, 6.45) is 0. The molecule has 1 N–H and O–H groups in total. The van der Waals surface area contributed by atoms with E-state index in [0.29, 0.717) is 10.8 Å². The van der Waals surface area contributed by atoms with Gasteiger partial charge in [0, 0.05) is 0 Å². The fourth-order valence-electron chi connectivity index (χ4n) is 1.34. The first-order chi connectivity index (χ1) is 9.08. The van der Waals surface area contributed by atoms with Gasteiger partial charge >= 0.3 is 5.97 Å². The maximum absolute atomic E-state index is 10.9. The van der Waals surface area contributed by atoms with Crippen LogP contribution in [0.4, 0.5) is 0 Å². The third-order valence-corrected chi connectivity index (χ3v) is 3.27. The highest BCUT2D eigenvalue weighted by Crippen LogP contribution is 2.18. The average molecular weight is 278 g/mol. The summed E-state index contributed by atoms with van der Waals surface area (Å²) in [5.74, 6) is -0.677. The molecule has 0 radical (unpaired) electrons. The summed E-state index contributed by atoms with van der Waals surface area (Å²) in [5, 5.41) is 20.5. The summed E-state index contributed by atoms with van der Waals surface area (Å²) in [6.45, 7) is 1.49. The minimum absolute atomic E-state index is 0.0285. The van der Waals surface area contributed by atoms with E-state index in [1.807, 2.05) is 0 Å². The first kappa shape index (κ1) is 13.2. The molecular formula is C11H10N4O3S. The molecule has 0 aliphatic carbocycles. The molecule has 0 aliphatic rings. The number of hydrogen-bond donors (Lipinski definition) is 1. The van der Waals surface area contributed by atoms with Crippen molar-refractivity contribution in [2.45, 2.75) is 12.1 Å². The smallest absolute Gasteiger partial charge is 0.335 e. The second-order valence-electron chi connectivity index (χ2n) is 3.72. The molecule has 2 aromatic rings. The third-order valence-electron chi connectivity index (χ3n) is 2.20. The summed E-state index contributed by atoms with van der Waals surface area (Å²) in [5.41, 5.74) is 0.829. The zero-order chi connectivity index (χ0) is 13.8. The van der Waals surface area contributed by atoms with Crippen molar-refractivity contribution in [3.8, 4) is 5.69 Å². The summed E-state index contributed by atoms with van der Waals surface area (Å²) >= 11 is 1.23. The van der Waals surface area contributed by atoms with Crippen LogP contribution in [0.15, 0.2) is 29.4 Å². The van der Waals surface area contributed by atoms with Crippen LogP contribution >= 0.6 is 11.8 Å². The molecular weight excluding hydrogens is 268 g/mol. The molecule has 0 amide bonds. The Hall–Kier alpha value is -2.22. The van der Waals surface area contributed by atoms with E-state index in [0.717, 1.165) is 0 Å². The van der Waals surface area contributed by atoms with Crippen LogP contribution in [-0.4, -0.2) is 42.8 Å². The Morgan fingerprint density at radius 3 is 2.58 bits per heavy atom. The normalized spacial score (nSPS) is 10.4. The van der Waals surface area contributed by atoms with E-state index < -0.39 is 5.97 Å². The lowest BCUT2D eigenvalue weighted by Crippen LogP contribution is -2.02. The number of aromatic nitrogens is 4. The topological polar surface area (TPSA) is 98.0 Å². The van der Waals surface area contributed by atoms with Crippen molar-refractivity contribution in [1.82, 2.24) is 20.2 Å². The highest BCUT2D eigenvalue weighted by Gasteiger charge is 2.10. The number of benzene rings is 1. The lowest BCUT2D eigenvalue weighted by Gasteiger charge is -2.03. The molecule has 0 bridgehead atoms. The minimum atomic E-state index is -0.991. The van der Waals surface area contributed by atoms with E-state index in [2.05, 4.69) is 15.5 Å². The molecule has 2 rings (SSSR count). The third kappa shape index (κ3) is 3.16. The summed E-state index contributed by atoms with van der Waals surface area (Å²) in [4.78, 5) is 21.7. The number of carbonyl (C=O) groups excluding carboxylic acids is 1. The lowest BCUT2D eigenvalue weighted by molar-refractivity contribution is -0.114. The number of tetrazole rings is 1. The number of aromatic carboxylic acids is 1.